The molecule has 2 aromatic rings. The maximum atomic E-state index is 12.7. The summed E-state index contributed by atoms with van der Waals surface area (Å²) in [5.74, 6) is -0.0591. The lowest BCUT2D eigenvalue weighted by atomic mass is 10.1. The zero-order valence-electron chi connectivity index (χ0n) is 23.5. The highest BCUT2D eigenvalue weighted by Crippen LogP contribution is 2.27. The summed E-state index contributed by atoms with van der Waals surface area (Å²) >= 11 is 5.65. The highest BCUT2D eigenvalue weighted by molar-refractivity contribution is 6.17. The Kier molecular flexibility index (Phi) is 14.2. The minimum absolute atomic E-state index is 0.0293. The van der Waals surface area contributed by atoms with Crippen LogP contribution in [0.4, 0.5) is 5.82 Å². The van der Waals surface area contributed by atoms with Gasteiger partial charge in [-0.1, -0.05) is 12.8 Å². The third-order valence-corrected chi connectivity index (χ3v) is 6.95. The van der Waals surface area contributed by atoms with Gasteiger partial charge in [0.15, 0.2) is 0 Å². The summed E-state index contributed by atoms with van der Waals surface area (Å²) in [7, 11) is 0. The first-order valence-corrected chi connectivity index (χ1v) is 14.6. The summed E-state index contributed by atoms with van der Waals surface area (Å²) in [6, 6.07) is 6.14. The first-order valence-electron chi connectivity index (χ1n) is 14.0. The molecule has 14 heteroatoms. The summed E-state index contributed by atoms with van der Waals surface area (Å²) in [4.78, 5) is 41.2. The Balaban J connectivity index is 1.38. The third-order valence-electron chi connectivity index (χ3n) is 6.68. The topological polar surface area (TPSA) is 187 Å². The Labute approximate surface area is 249 Å². The molecule has 2 heterocycles. The predicted octanol–water partition coefficient (Wildman–Crippen LogP) is 0.958. The molecule has 1 unspecified atom stereocenters. The zero-order valence-corrected chi connectivity index (χ0v) is 24.3. The fourth-order valence-corrected chi connectivity index (χ4v) is 4.47. The number of carbonyl (C=O) groups is 2. The number of nitrogens with one attached hydrogen (secondary N) is 2. The SMILES string of the molecule is Nc1nc(=O)n([C@H]2CC(O)[C@@H](CO)O2)cc1CNC(=O)c1ccc(C(=O)NCCOCCOCCCCCCCl)cc1. The summed E-state index contributed by atoms with van der Waals surface area (Å²) < 4.78 is 17.7. The van der Waals surface area contributed by atoms with Gasteiger partial charge in [0, 0.05) is 54.9 Å². The fourth-order valence-electron chi connectivity index (χ4n) is 4.28. The van der Waals surface area contributed by atoms with Gasteiger partial charge in [-0.15, -0.1) is 11.6 Å². The van der Waals surface area contributed by atoms with Crippen molar-refractivity contribution in [1.82, 2.24) is 20.2 Å². The van der Waals surface area contributed by atoms with Gasteiger partial charge >= 0.3 is 5.69 Å². The van der Waals surface area contributed by atoms with Gasteiger partial charge in [-0.05, 0) is 37.1 Å². The highest BCUT2D eigenvalue weighted by atomic mass is 35.5. The third kappa shape index (κ3) is 10.3. The highest BCUT2D eigenvalue weighted by Gasteiger charge is 2.35. The van der Waals surface area contributed by atoms with E-state index in [-0.39, 0.29) is 31.3 Å². The minimum atomic E-state index is -0.928. The molecule has 1 fully saturated rings. The van der Waals surface area contributed by atoms with E-state index in [9.17, 15) is 24.6 Å². The molecule has 6 N–H and O–H groups in total. The first-order chi connectivity index (χ1) is 20.3. The van der Waals surface area contributed by atoms with Crippen LogP contribution in [0.15, 0.2) is 35.3 Å². The van der Waals surface area contributed by atoms with Crippen LogP contribution in [0, 0.1) is 0 Å². The van der Waals surface area contributed by atoms with Crippen LogP contribution in [0.2, 0.25) is 0 Å². The van der Waals surface area contributed by atoms with Gasteiger partial charge in [-0.25, -0.2) is 4.79 Å². The molecule has 1 aromatic heterocycles. The Morgan fingerprint density at radius 1 is 1.02 bits per heavy atom. The Bertz CT molecular complexity index is 1200. The lowest BCUT2D eigenvalue weighted by Crippen LogP contribution is -2.31. The van der Waals surface area contributed by atoms with Crippen LogP contribution in [-0.2, 0) is 20.8 Å². The normalized spacial score (nSPS) is 18.2. The first kappa shape index (κ1) is 33.4. The van der Waals surface area contributed by atoms with Crippen molar-refractivity contribution >= 4 is 29.2 Å². The van der Waals surface area contributed by atoms with E-state index in [4.69, 9.17) is 31.5 Å². The Morgan fingerprint density at radius 2 is 1.67 bits per heavy atom. The van der Waals surface area contributed by atoms with Crippen molar-refractivity contribution in [3.63, 3.8) is 0 Å². The van der Waals surface area contributed by atoms with E-state index >= 15 is 0 Å². The molecule has 42 heavy (non-hydrogen) atoms. The number of nitrogen functional groups attached to an aromatic ring is 1. The van der Waals surface area contributed by atoms with E-state index in [1.165, 1.54) is 22.9 Å². The van der Waals surface area contributed by atoms with Gasteiger partial charge in [0.05, 0.1) is 32.5 Å². The molecule has 0 spiro atoms. The average Bonchev–Trinajstić information content (AvgIpc) is 3.37. The second-order valence-corrected chi connectivity index (χ2v) is 10.2. The number of aliphatic hydroxyl groups is 2. The molecule has 0 aliphatic carbocycles. The minimum Gasteiger partial charge on any atom is -0.394 e. The van der Waals surface area contributed by atoms with Crippen molar-refractivity contribution in [1.29, 1.82) is 0 Å². The second kappa shape index (κ2) is 17.8. The van der Waals surface area contributed by atoms with Crippen molar-refractivity contribution in [3.05, 3.63) is 57.6 Å². The molecule has 232 valence electrons. The van der Waals surface area contributed by atoms with E-state index in [1.807, 2.05) is 0 Å². The van der Waals surface area contributed by atoms with Crippen molar-refractivity contribution in [2.45, 2.75) is 57.1 Å². The molecule has 0 saturated carbocycles. The number of amides is 2. The lowest BCUT2D eigenvalue weighted by molar-refractivity contribution is -0.0459. The van der Waals surface area contributed by atoms with Gasteiger partial charge in [-0.2, -0.15) is 4.98 Å². The molecular weight excluding hydrogens is 570 g/mol. The number of halogens is 1. The predicted molar refractivity (Wildman–Crippen MR) is 155 cm³/mol. The molecule has 0 radical (unpaired) electrons. The van der Waals surface area contributed by atoms with E-state index in [1.54, 1.807) is 12.1 Å². The van der Waals surface area contributed by atoms with Crippen LogP contribution >= 0.6 is 11.6 Å². The van der Waals surface area contributed by atoms with Gasteiger partial charge < -0.3 is 40.8 Å². The van der Waals surface area contributed by atoms with E-state index in [0.717, 1.165) is 25.7 Å². The van der Waals surface area contributed by atoms with Crippen molar-refractivity contribution < 1.29 is 34.0 Å². The van der Waals surface area contributed by atoms with Crippen molar-refractivity contribution in [2.75, 3.05) is 51.2 Å². The second-order valence-electron chi connectivity index (χ2n) is 9.80. The van der Waals surface area contributed by atoms with Crippen LogP contribution in [0.1, 0.15) is 64.6 Å². The molecule has 1 aliphatic rings. The number of nitrogens with two attached hydrogens (primary N) is 1. The van der Waals surface area contributed by atoms with E-state index < -0.39 is 30.0 Å². The van der Waals surface area contributed by atoms with Crippen LogP contribution in [0.25, 0.3) is 0 Å². The number of unbranched alkanes of at least 4 members (excludes halogenated alkanes) is 3. The molecule has 1 aromatic carbocycles. The number of carbonyl (C=O) groups excluding carboxylic acids is 2. The van der Waals surface area contributed by atoms with Gasteiger partial charge in [0.25, 0.3) is 11.8 Å². The van der Waals surface area contributed by atoms with Crippen molar-refractivity contribution in [2.24, 2.45) is 0 Å². The van der Waals surface area contributed by atoms with Gasteiger partial charge in [0.2, 0.25) is 0 Å². The largest absolute Gasteiger partial charge is 0.394 e. The number of benzene rings is 1. The maximum Gasteiger partial charge on any atom is 0.351 e. The smallest absolute Gasteiger partial charge is 0.351 e. The Hall–Kier alpha value is -3.07. The zero-order chi connectivity index (χ0) is 30.3. The molecular formula is C28H40ClN5O8. The Morgan fingerprint density at radius 3 is 2.31 bits per heavy atom. The number of nitrogens with zero attached hydrogens (tertiary/aromatic N) is 2. The summed E-state index contributed by atoms with van der Waals surface area (Å²) in [6.07, 6.45) is 3.21. The maximum absolute atomic E-state index is 12.7. The number of anilines is 1. The van der Waals surface area contributed by atoms with Crippen LogP contribution in [0.3, 0.4) is 0 Å². The monoisotopic (exact) mass is 609 g/mol. The van der Waals surface area contributed by atoms with Gasteiger partial charge in [-0.3, -0.25) is 14.2 Å². The molecule has 1 saturated heterocycles. The number of alkyl halides is 1. The number of ether oxygens (including phenoxy) is 3. The average molecular weight is 610 g/mol. The quantitative estimate of drug-likeness (QED) is 0.120. The summed E-state index contributed by atoms with van der Waals surface area (Å²) in [6.45, 7) is 1.92. The molecule has 2 amide bonds. The van der Waals surface area contributed by atoms with Crippen LogP contribution in [0.5, 0.6) is 0 Å². The molecule has 13 nitrogen and oxygen atoms in total. The van der Waals surface area contributed by atoms with E-state index in [0.29, 0.717) is 55.5 Å². The van der Waals surface area contributed by atoms with Gasteiger partial charge in [0.1, 0.15) is 18.1 Å². The lowest BCUT2D eigenvalue weighted by Gasteiger charge is -2.16. The number of aliphatic hydroxyl groups excluding tert-OH is 2. The number of rotatable bonds is 18. The standard InChI is InChI=1S/C28H40ClN5O8/c29-9-3-1-2-4-11-40-13-14-41-12-10-31-26(37)19-5-7-20(8-6-19)27(38)32-16-21-17-34(28(39)33-25(21)30)24-15-22(36)23(18-35)42-24/h5-8,17,22-24,35-36H,1-4,9-16,18H2,(H,31,37)(H,32,38)(H2,30,33,39)/t22?,23-,24-/m1/s1. The number of hydrogen-bond acceptors (Lipinski definition) is 10. The summed E-state index contributed by atoms with van der Waals surface area (Å²) in [5.41, 5.74) is 6.30. The molecule has 1 aliphatic heterocycles. The van der Waals surface area contributed by atoms with E-state index in [2.05, 4.69) is 15.6 Å². The fraction of sp³-hybridized carbons (Fsp3) is 0.571. The molecule has 3 atom stereocenters. The number of hydrogen-bond donors (Lipinski definition) is 5. The van der Waals surface area contributed by atoms with Crippen LogP contribution in [-0.4, -0.2) is 89.2 Å². The van der Waals surface area contributed by atoms with Crippen molar-refractivity contribution in [3.8, 4) is 0 Å². The molecule has 3 rings (SSSR count). The number of aromatic nitrogens is 2. The molecule has 0 bridgehead atoms. The summed E-state index contributed by atoms with van der Waals surface area (Å²) in [5, 5.41) is 24.7. The van der Waals surface area contributed by atoms with Crippen LogP contribution < -0.4 is 22.1 Å².